The Morgan fingerprint density at radius 3 is 2.46 bits per heavy atom. The van der Waals surface area contributed by atoms with E-state index in [9.17, 15) is 5.11 Å². The number of rotatable bonds is 3. The van der Waals surface area contributed by atoms with Crippen LogP contribution in [0.2, 0.25) is 10.3 Å². The zero-order chi connectivity index (χ0) is 9.84. The summed E-state index contributed by atoms with van der Waals surface area (Å²) in [6, 6.07) is 3.19. The zero-order valence-corrected chi connectivity index (χ0v) is 8.60. The lowest BCUT2D eigenvalue weighted by Crippen LogP contribution is -2.16. The number of aliphatic hydroxyl groups is 1. The highest BCUT2D eigenvalue weighted by Crippen LogP contribution is 2.19. The topological polar surface area (TPSA) is 45.1 Å². The summed E-state index contributed by atoms with van der Waals surface area (Å²) < 4.78 is 0. The molecule has 5 heteroatoms. The Morgan fingerprint density at radius 1 is 1.46 bits per heavy atom. The molecule has 0 bridgehead atoms. The summed E-state index contributed by atoms with van der Waals surface area (Å²) in [5.74, 6) is 0. The SMILES string of the molecule is CNCC(O)c1cc(Cl)nc(Cl)c1. The van der Waals surface area contributed by atoms with Gasteiger partial charge in [-0.05, 0) is 24.7 Å². The first-order chi connectivity index (χ1) is 6.13. The second kappa shape index (κ2) is 4.77. The standard InChI is InChI=1S/C8H10Cl2N2O/c1-11-4-6(13)5-2-7(9)12-8(10)3-5/h2-3,6,11,13H,4H2,1H3. The van der Waals surface area contributed by atoms with Crippen LogP contribution in [0.1, 0.15) is 11.7 Å². The van der Waals surface area contributed by atoms with Crippen molar-refractivity contribution in [2.75, 3.05) is 13.6 Å². The number of hydrogen-bond acceptors (Lipinski definition) is 3. The average molecular weight is 221 g/mol. The zero-order valence-electron chi connectivity index (χ0n) is 7.09. The van der Waals surface area contributed by atoms with Crippen LogP contribution in [0.3, 0.4) is 0 Å². The number of hydrogen-bond donors (Lipinski definition) is 2. The first-order valence-electron chi connectivity index (χ1n) is 3.79. The summed E-state index contributed by atoms with van der Waals surface area (Å²) in [4.78, 5) is 3.78. The molecule has 3 nitrogen and oxygen atoms in total. The van der Waals surface area contributed by atoms with Crippen LogP contribution in [0.5, 0.6) is 0 Å². The predicted octanol–water partition coefficient (Wildman–Crippen LogP) is 1.64. The third-order valence-electron chi connectivity index (χ3n) is 1.57. The molecule has 0 aliphatic carbocycles. The van der Waals surface area contributed by atoms with Gasteiger partial charge in [0.15, 0.2) is 0 Å². The molecule has 13 heavy (non-hydrogen) atoms. The van der Waals surface area contributed by atoms with Crippen LogP contribution in [0.25, 0.3) is 0 Å². The maximum Gasteiger partial charge on any atom is 0.131 e. The summed E-state index contributed by atoms with van der Waals surface area (Å²) in [5, 5.41) is 13.0. The summed E-state index contributed by atoms with van der Waals surface area (Å²) in [5.41, 5.74) is 0.666. The molecule has 0 radical (unpaired) electrons. The third-order valence-corrected chi connectivity index (χ3v) is 1.95. The van der Waals surface area contributed by atoms with Crippen molar-refractivity contribution in [2.24, 2.45) is 0 Å². The second-order valence-corrected chi connectivity index (χ2v) is 3.39. The lowest BCUT2D eigenvalue weighted by Gasteiger charge is -2.10. The van der Waals surface area contributed by atoms with Gasteiger partial charge < -0.3 is 10.4 Å². The largest absolute Gasteiger partial charge is 0.387 e. The minimum atomic E-state index is -0.608. The average Bonchev–Trinajstić information content (AvgIpc) is 2.03. The molecule has 1 atom stereocenters. The molecule has 0 saturated carbocycles. The summed E-state index contributed by atoms with van der Waals surface area (Å²) in [7, 11) is 1.76. The number of halogens is 2. The van der Waals surface area contributed by atoms with E-state index in [0.29, 0.717) is 12.1 Å². The van der Waals surface area contributed by atoms with Gasteiger partial charge in [0.25, 0.3) is 0 Å². The smallest absolute Gasteiger partial charge is 0.131 e. The van der Waals surface area contributed by atoms with Gasteiger partial charge in [0.2, 0.25) is 0 Å². The fourth-order valence-corrected chi connectivity index (χ4v) is 1.46. The van der Waals surface area contributed by atoms with Crippen molar-refractivity contribution < 1.29 is 5.11 Å². The van der Waals surface area contributed by atoms with Gasteiger partial charge in [0.1, 0.15) is 10.3 Å². The van der Waals surface area contributed by atoms with Gasteiger partial charge in [-0.15, -0.1) is 0 Å². The van der Waals surface area contributed by atoms with E-state index in [1.165, 1.54) is 0 Å². The number of nitrogens with zero attached hydrogens (tertiary/aromatic N) is 1. The Morgan fingerprint density at radius 2 is 2.00 bits per heavy atom. The van der Waals surface area contributed by atoms with Crippen molar-refractivity contribution in [3.63, 3.8) is 0 Å². The molecule has 72 valence electrons. The molecule has 0 fully saturated rings. The fourth-order valence-electron chi connectivity index (χ4n) is 0.987. The molecule has 0 aliphatic rings. The Balaban J connectivity index is 2.87. The van der Waals surface area contributed by atoms with Crippen molar-refractivity contribution in [1.29, 1.82) is 0 Å². The molecule has 1 aromatic rings. The highest BCUT2D eigenvalue weighted by Gasteiger charge is 2.08. The Bertz CT molecular complexity index is 273. The van der Waals surface area contributed by atoms with E-state index in [2.05, 4.69) is 10.3 Å². The van der Waals surface area contributed by atoms with E-state index in [4.69, 9.17) is 23.2 Å². The highest BCUT2D eigenvalue weighted by molar-refractivity contribution is 6.32. The number of pyridine rings is 1. The number of aliphatic hydroxyl groups excluding tert-OH is 1. The third kappa shape index (κ3) is 3.12. The molecule has 2 N–H and O–H groups in total. The molecule has 0 saturated heterocycles. The molecule has 1 aromatic heterocycles. The van der Waals surface area contributed by atoms with E-state index in [1.54, 1.807) is 19.2 Å². The molecular weight excluding hydrogens is 211 g/mol. The van der Waals surface area contributed by atoms with Gasteiger partial charge in [0.05, 0.1) is 6.10 Å². The summed E-state index contributed by atoms with van der Waals surface area (Å²) in [6.45, 7) is 0.455. The highest BCUT2D eigenvalue weighted by atomic mass is 35.5. The first-order valence-corrected chi connectivity index (χ1v) is 4.54. The van der Waals surface area contributed by atoms with Gasteiger partial charge >= 0.3 is 0 Å². The predicted molar refractivity (Wildman–Crippen MR) is 53.1 cm³/mol. The van der Waals surface area contributed by atoms with E-state index >= 15 is 0 Å². The molecule has 1 heterocycles. The molecular formula is C8H10Cl2N2O. The van der Waals surface area contributed by atoms with Crippen molar-refractivity contribution in [2.45, 2.75) is 6.10 Å². The van der Waals surface area contributed by atoms with E-state index < -0.39 is 6.10 Å². The second-order valence-electron chi connectivity index (χ2n) is 2.62. The molecule has 1 rings (SSSR count). The van der Waals surface area contributed by atoms with Crippen LogP contribution >= 0.6 is 23.2 Å². The van der Waals surface area contributed by atoms with E-state index in [0.717, 1.165) is 0 Å². The normalized spacial score (nSPS) is 12.9. The van der Waals surface area contributed by atoms with Gasteiger partial charge in [-0.1, -0.05) is 23.2 Å². The Hall–Kier alpha value is -0.350. The van der Waals surface area contributed by atoms with Gasteiger partial charge in [-0.2, -0.15) is 0 Å². The minimum absolute atomic E-state index is 0.289. The Kier molecular flexibility index (Phi) is 3.93. The van der Waals surface area contributed by atoms with Crippen LogP contribution < -0.4 is 5.32 Å². The van der Waals surface area contributed by atoms with Gasteiger partial charge in [-0.25, -0.2) is 4.98 Å². The van der Waals surface area contributed by atoms with Crippen LogP contribution in [0.4, 0.5) is 0 Å². The van der Waals surface area contributed by atoms with Crippen LogP contribution in [-0.4, -0.2) is 23.7 Å². The summed E-state index contributed by atoms with van der Waals surface area (Å²) in [6.07, 6.45) is -0.608. The van der Waals surface area contributed by atoms with Crippen LogP contribution in [-0.2, 0) is 0 Å². The monoisotopic (exact) mass is 220 g/mol. The molecule has 0 aliphatic heterocycles. The van der Waals surface area contributed by atoms with E-state index in [1.807, 2.05) is 0 Å². The number of likely N-dealkylation sites (N-methyl/N-ethyl adjacent to an activating group) is 1. The van der Waals surface area contributed by atoms with Crippen LogP contribution in [0.15, 0.2) is 12.1 Å². The Labute approximate surface area is 86.7 Å². The fraction of sp³-hybridized carbons (Fsp3) is 0.375. The van der Waals surface area contributed by atoms with Crippen molar-refractivity contribution in [3.8, 4) is 0 Å². The molecule has 0 aromatic carbocycles. The molecule has 0 spiro atoms. The van der Waals surface area contributed by atoms with Gasteiger partial charge in [-0.3, -0.25) is 0 Å². The molecule has 0 amide bonds. The summed E-state index contributed by atoms with van der Waals surface area (Å²) >= 11 is 11.3. The van der Waals surface area contributed by atoms with Crippen LogP contribution in [0, 0.1) is 0 Å². The first kappa shape index (κ1) is 10.7. The maximum atomic E-state index is 9.56. The maximum absolute atomic E-state index is 9.56. The lowest BCUT2D eigenvalue weighted by atomic mass is 10.1. The number of nitrogens with one attached hydrogen (secondary N) is 1. The van der Waals surface area contributed by atoms with Crippen molar-refractivity contribution in [1.82, 2.24) is 10.3 Å². The molecule has 1 unspecified atom stereocenters. The van der Waals surface area contributed by atoms with Gasteiger partial charge in [0, 0.05) is 6.54 Å². The van der Waals surface area contributed by atoms with E-state index in [-0.39, 0.29) is 10.3 Å². The number of aromatic nitrogens is 1. The van der Waals surface area contributed by atoms with Crippen molar-refractivity contribution in [3.05, 3.63) is 28.0 Å². The van der Waals surface area contributed by atoms with Crippen molar-refractivity contribution >= 4 is 23.2 Å². The quantitative estimate of drug-likeness (QED) is 0.762. The lowest BCUT2D eigenvalue weighted by molar-refractivity contribution is 0.177. The minimum Gasteiger partial charge on any atom is -0.387 e.